The molecule has 2 N–H and O–H groups in total. The van der Waals surface area contributed by atoms with Crippen LogP contribution in [0.1, 0.15) is 24.8 Å². The fourth-order valence-corrected chi connectivity index (χ4v) is 2.99. The van der Waals surface area contributed by atoms with E-state index in [0.29, 0.717) is 12.6 Å². The van der Waals surface area contributed by atoms with Gasteiger partial charge in [0.15, 0.2) is 0 Å². The van der Waals surface area contributed by atoms with Crippen molar-refractivity contribution in [1.82, 2.24) is 10.0 Å². The van der Waals surface area contributed by atoms with E-state index in [-0.39, 0.29) is 0 Å². The van der Waals surface area contributed by atoms with Gasteiger partial charge in [-0.15, -0.1) is 0 Å². The lowest BCUT2D eigenvalue weighted by Gasteiger charge is -2.09. The van der Waals surface area contributed by atoms with Gasteiger partial charge in [-0.25, -0.2) is 13.1 Å². The SMILES string of the molecule is O=S(=O)(/C=C/c1ccccc1)NCC[C@@H]1CCCN1. The Hall–Kier alpha value is -1.17. The first-order valence-corrected chi connectivity index (χ1v) is 8.16. The minimum Gasteiger partial charge on any atom is -0.314 e. The Morgan fingerprint density at radius 3 is 2.79 bits per heavy atom. The molecule has 1 atom stereocenters. The van der Waals surface area contributed by atoms with Gasteiger partial charge in [-0.3, -0.25) is 0 Å². The Morgan fingerprint density at radius 1 is 1.32 bits per heavy atom. The molecule has 0 amide bonds. The third-order valence-corrected chi connectivity index (χ3v) is 4.30. The third-order valence-electron chi connectivity index (χ3n) is 3.20. The van der Waals surface area contributed by atoms with Crippen molar-refractivity contribution in [1.29, 1.82) is 0 Å². The Balaban J connectivity index is 1.79. The molecular weight excluding hydrogens is 260 g/mol. The van der Waals surface area contributed by atoms with E-state index < -0.39 is 10.0 Å². The Bertz CT molecular complexity index is 506. The molecule has 2 rings (SSSR count). The topological polar surface area (TPSA) is 58.2 Å². The van der Waals surface area contributed by atoms with Crippen molar-refractivity contribution < 1.29 is 8.42 Å². The summed E-state index contributed by atoms with van der Waals surface area (Å²) in [5.41, 5.74) is 0.880. The average molecular weight is 280 g/mol. The van der Waals surface area contributed by atoms with Crippen molar-refractivity contribution in [2.24, 2.45) is 0 Å². The Kier molecular flexibility index (Phi) is 5.13. The van der Waals surface area contributed by atoms with Gasteiger partial charge in [0.1, 0.15) is 0 Å². The van der Waals surface area contributed by atoms with E-state index >= 15 is 0 Å². The van der Waals surface area contributed by atoms with Gasteiger partial charge < -0.3 is 5.32 Å². The molecule has 1 saturated heterocycles. The summed E-state index contributed by atoms with van der Waals surface area (Å²) in [7, 11) is -3.33. The minimum atomic E-state index is -3.33. The fourth-order valence-electron chi connectivity index (χ4n) is 2.16. The van der Waals surface area contributed by atoms with Crippen LogP contribution in [0.4, 0.5) is 0 Å². The molecule has 1 aromatic rings. The molecule has 1 aliphatic heterocycles. The lowest BCUT2D eigenvalue weighted by molar-refractivity contribution is 0.543. The molecule has 104 valence electrons. The van der Waals surface area contributed by atoms with E-state index in [1.807, 2.05) is 30.3 Å². The standard InChI is InChI=1S/C14H20N2O2S/c17-19(18,12-9-13-5-2-1-3-6-13)16-11-8-14-7-4-10-15-14/h1-3,5-6,9,12,14-16H,4,7-8,10-11H2/b12-9+/t14-/m0/s1. The highest BCUT2D eigenvalue weighted by Crippen LogP contribution is 2.08. The zero-order valence-electron chi connectivity index (χ0n) is 10.9. The van der Waals surface area contributed by atoms with E-state index in [9.17, 15) is 8.42 Å². The van der Waals surface area contributed by atoms with Crippen LogP contribution in [0, 0.1) is 0 Å². The molecule has 0 spiro atoms. The van der Waals surface area contributed by atoms with Gasteiger partial charge in [0.05, 0.1) is 0 Å². The van der Waals surface area contributed by atoms with Crippen molar-refractivity contribution in [3.05, 3.63) is 41.3 Å². The molecule has 1 heterocycles. The van der Waals surface area contributed by atoms with Crippen molar-refractivity contribution in [3.63, 3.8) is 0 Å². The summed E-state index contributed by atoms with van der Waals surface area (Å²) in [5, 5.41) is 4.57. The first-order chi connectivity index (χ1) is 9.16. The molecular formula is C14H20N2O2S. The van der Waals surface area contributed by atoms with E-state index in [2.05, 4.69) is 10.0 Å². The lowest BCUT2D eigenvalue weighted by atomic mass is 10.2. The highest BCUT2D eigenvalue weighted by atomic mass is 32.2. The number of hydrogen-bond acceptors (Lipinski definition) is 3. The van der Waals surface area contributed by atoms with Crippen LogP contribution in [0.25, 0.3) is 6.08 Å². The number of rotatable bonds is 6. The number of sulfonamides is 1. The quantitative estimate of drug-likeness (QED) is 0.834. The minimum absolute atomic E-state index is 0.459. The summed E-state index contributed by atoms with van der Waals surface area (Å²) < 4.78 is 26.1. The second-order valence-electron chi connectivity index (χ2n) is 4.73. The van der Waals surface area contributed by atoms with Crippen LogP contribution in [0.2, 0.25) is 0 Å². The van der Waals surface area contributed by atoms with E-state index in [4.69, 9.17) is 0 Å². The van der Waals surface area contributed by atoms with Crippen LogP contribution >= 0.6 is 0 Å². The molecule has 19 heavy (non-hydrogen) atoms. The number of benzene rings is 1. The first kappa shape index (κ1) is 14.2. The first-order valence-electron chi connectivity index (χ1n) is 6.62. The lowest BCUT2D eigenvalue weighted by Crippen LogP contribution is -2.29. The molecule has 0 aliphatic carbocycles. The maximum absolute atomic E-state index is 11.8. The third kappa shape index (κ3) is 5.14. The summed E-state index contributed by atoms with van der Waals surface area (Å²) in [6.45, 7) is 1.53. The van der Waals surface area contributed by atoms with E-state index in [1.54, 1.807) is 6.08 Å². The molecule has 0 saturated carbocycles. The van der Waals surface area contributed by atoms with Gasteiger partial charge in [0.2, 0.25) is 10.0 Å². The summed E-state index contributed by atoms with van der Waals surface area (Å²) in [4.78, 5) is 0. The second kappa shape index (κ2) is 6.84. The largest absolute Gasteiger partial charge is 0.314 e. The summed E-state index contributed by atoms with van der Waals surface area (Å²) in [6.07, 6.45) is 4.78. The predicted molar refractivity (Wildman–Crippen MR) is 78.0 cm³/mol. The van der Waals surface area contributed by atoms with Crippen molar-refractivity contribution >= 4 is 16.1 Å². The average Bonchev–Trinajstić information content (AvgIpc) is 2.91. The molecule has 4 nitrogen and oxygen atoms in total. The summed E-state index contributed by atoms with van der Waals surface area (Å²) >= 11 is 0. The van der Waals surface area contributed by atoms with Crippen molar-refractivity contribution in [2.45, 2.75) is 25.3 Å². The molecule has 1 fully saturated rings. The van der Waals surface area contributed by atoms with Crippen molar-refractivity contribution in [3.8, 4) is 0 Å². The van der Waals surface area contributed by atoms with Gasteiger partial charge in [0.25, 0.3) is 0 Å². The monoisotopic (exact) mass is 280 g/mol. The zero-order valence-corrected chi connectivity index (χ0v) is 11.7. The van der Waals surface area contributed by atoms with Gasteiger partial charge >= 0.3 is 0 Å². The Morgan fingerprint density at radius 2 is 2.11 bits per heavy atom. The predicted octanol–water partition coefficient (Wildman–Crippen LogP) is 1.72. The van der Waals surface area contributed by atoms with Crippen LogP contribution in [-0.2, 0) is 10.0 Å². The van der Waals surface area contributed by atoms with Crippen LogP contribution in [0.3, 0.4) is 0 Å². The molecule has 0 radical (unpaired) electrons. The zero-order chi connectivity index (χ0) is 13.6. The smallest absolute Gasteiger partial charge is 0.233 e. The van der Waals surface area contributed by atoms with Crippen LogP contribution in [-0.4, -0.2) is 27.5 Å². The molecule has 0 unspecified atom stereocenters. The fraction of sp³-hybridized carbons (Fsp3) is 0.429. The highest BCUT2D eigenvalue weighted by Gasteiger charge is 2.14. The second-order valence-corrected chi connectivity index (χ2v) is 6.39. The van der Waals surface area contributed by atoms with Crippen LogP contribution in [0.15, 0.2) is 35.7 Å². The highest BCUT2D eigenvalue weighted by molar-refractivity contribution is 7.92. The molecule has 1 aliphatic rings. The molecule has 1 aromatic carbocycles. The molecule has 0 aromatic heterocycles. The Labute approximate surface area is 115 Å². The summed E-state index contributed by atoms with van der Waals surface area (Å²) in [5.74, 6) is 0. The number of hydrogen-bond donors (Lipinski definition) is 2. The van der Waals surface area contributed by atoms with Crippen molar-refractivity contribution in [2.75, 3.05) is 13.1 Å². The van der Waals surface area contributed by atoms with Crippen LogP contribution in [0.5, 0.6) is 0 Å². The maximum atomic E-state index is 11.8. The normalized spacial score (nSPS) is 20.1. The molecule has 0 bridgehead atoms. The van der Waals surface area contributed by atoms with Crippen LogP contribution < -0.4 is 10.0 Å². The van der Waals surface area contributed by atoms with Gasteiger partial charge in [0, 0.05) is 18.0 Å². The maximum Gasteiger partial charge on any atom is 0.233 e. The number of nitrogens with one attached hydrogen (secondary N) is 2. The molecule has 5 heteroatoms. The van der Waals surface area contributed by atoms with E-state index in [0.717, 1.165) is 24.9 Å². The van der Waals surface area contributed by atoms with Gasteiger partial charge in [-0.05, 0) is 37.4 Å². The van der Waals surface area contributed by atoms with E-state index in [1.165, 1.54) is 11.8 Å². The van der Waals surface area contributed by atoms with Gasteiger partial charge in [-0.2, -0.15) is 0 Å². The van der Waals surface area contributed by atoms with Gasteiger partial charge in [-0.1, -0.05) is 30.3 Å². The summed E-state index contributed by atoms with van der Waals surface area (Å²) in [6, 6.07) is 9.86.